The maximum Gasteiger partial charge on any atom is 0.380 e. The number of benzene rings is 1. The van der Waals surface area contributed by atoms with Crippen molar-refractivity contribution in [2.45, 2.75) is 24.2 Å². The molecule has 0 bridgehead atoms. The second-order valence-corrected chi connectivity index (χ2v) is 4.47. The molecule has 6 nitrogen and oxygen atoms in total. The van der Waals surface area contributed by atoms with Crippen LogP contribution in [0.3, 0.4) is 0 Å². The second-order valence-electron chi connectivity index (χ2n) is 4.47. The van der Waals surface area contributed by atoms with Gasteiger partial charge in [0.25, 0.3) is 0 Å². The highest BCUT2D eigenvalue weighted by molar-refractivity contribution is 5.89. The number of aliphatic hydroxyl groups is 2. The summed E-state index contributed by atoms with van der Waals surface area (Å²) in [5.74, 6) is -6.79. The van der Waals surface area contributed by atoms with Gasteiger partial charge in [0.05, 0.1) is 5.56 Å². The molecule has 1 aliphatic heterocycles. The van der Waals surface area contributed by atoms with Crippen LogP contribution in [0.1, 0.15) is 10.4 Å². The Kier molecular flexibility index (Phi) is 4.19. The summed E-state index contributed by atoms with van der Waals surface area (Å²) in [4.78, 5) is 22.4. The molecule has 3 unspecified atom stereocenters. The van der Waals surface area contributed by atoms with Crippen molar-refractivity contribution in [3.8, 4) is 0 Å². The summed E-state index contributed by atoms with van der Waals surface area (Å²) in [5, 5.41) is 18.9. The van der Waals surface area contributed by atoms with Crippen molar-refractivity contribution in [1.82, 2.24) is 0 Å². The van der Waals surface area contributed by atoms with Crippen molar-refractivity contribution in [1.29, 1.82) is 0 Å². The molecule has 0 spiro atoms. The number of alkyl halides is 2. The number of esters is 2. The van der Waals surface area contributed by atoms with E-state index in [-0.39, 0.29) is 5.56 Å². The third-order valence-corrected chi connectivity index (χ3v) is 2.97. The second kappa shape index (κ2) is 5.74. The van der Waals surface area contributed by atoms with Gasteiger partial charge in [-0.2, -0.15) is 8.78 Å². The van der Waals surface area contributed by atoms with Crippen molar-refractivity contribution in [3.05, 3.63) is 35.9 Å². The SMILES string of the molecule is O=C(OCC(O)C1OC(=O)C(F)(F)C1O)c1ccccc1. The number of halogens is 2. The lowest BCUT2D eigenvalue weighted by atomic mass is 10.1. The van der Waals surface area contributed by atoms with Crippen LogP contribution in [0, 0.1) is 0 Å². The number of hydrogen-bond donors (Lipinski definition) is 2. The first kappa shape index (κ1) is 15.3. The molecule has 1 aliphatic rings. The fourth-order valence-electron chi connectivity index (χ4n) is 1.80. The molecule has 114 valence electrons. The molecule has 0 aromatic heterocycles. The predicted octanol–water partition coefficient (Wildman–Crippen LogP) is 0.126. The molecule has 21 heavy (non-hydrogen) atoms. The number of hydrogen-bond acceptors (Lipinski definition) is 6. The lowest BCUT2D eigenvalue weighted by Crippen LogP contribution is -2.44. The third-order valence-electron chi connectivity index (χ3n) is 2.97. The van der Waals surface area contributed by atoms with Gasteiger partial charge >= 0.3 is 17.9 Å². The summed E-state index contributed by atoms with van der Waals surface area (Å²) >= 11 is 0. The van der Waals surface area contributed by atoms with Gasteiger partial charge in [0.2, 0.25) is 0 Å². The average Bonchev–Trinajstić information content (AvgIpc) is 2.68. The van der Waals surface area contributed by atoms with Crippen LogP contribution in [0.2, 0.25) is 0 Å². The van der Waals surface area contributed by atoms with Crippen LogP contribution < -0.4 is 0 Å². The van der Waals surface area contributed by atoms with Crippen molar-refractivity contribution in [2.75, 3.05) is 6.61 Å². The first-order chi connectivity index (χ1) is 9.84. The Morgan fingerprint density at radius 1 is 1.38 bits per heavy atom. The minimum atomic E-state index is -4.09. The normalized spacial score (nSPS) is 25.2. The standard InChI is InChI=1S/C13H12F2O6/c14-13(15)10(17)9(21-12(13)19)8(16)6-20-11(18)7-4-2-1-3-5-7/h1-5,8-10,16-17H,6H2. The molecule has 1 heterocycles. The highest BCUT2D eigenvalue weighted by Gasteiger charge is 2.61. The van der Waals surface area contributed by atoms with E-state index in [2.05, 4.69) is 4.74 Å². The molecule has 0 saturated carbocycles. The zero-order valence-corrected chi connectivity index (χ0v) is 10.6. The molecule has 0 amide bonds. The zero-order valence-electron chi connectivity index (χ0n) is 10.6. The number of carbonyl (C=O) groups is 2. The van der Waals surface area contributed by atoms with Crippen LogP contribution in [-0.2, 0) is 14.3 Å². The van der Waals surface area contributed by atoms with Crippen LogP contribution in [0.25, 0.3) is 0 Å². The molecule has 0 radical (unpaired) electrons. The van der Waals surface area contributed by atoms with E-state index < -0.39 is 42.8 Å². The molecule has 1 aromatic carbocycles. The topological polar surface area (TPSA) is 93.1 Å². The molecular weight excluding hydrogens is 290 g/mol. The van der Waals surface area contributed by atoms with Gasteiger partial charge in [-0.15, -0.1) is 0 Å². The summed E-state index contributed by atoms with van der Waals surface area (Å²) in [5.41, 5.74) is 0.207. The molecule has 1 fully saturated rings. The Hall–Kier alpha value is -2.06. The van der Waals surface area contributed by atoms with Crippen molar-refractivity contribution < 1.29 is 38.1 Å². The predicted molar refractivity (Wildman–Crippen MR) is 63.6 cm³/mol. The van der Waals surface area contributed by atoms with Crippen LogP contribution in [0.5, 0.6) is 0 Å². The Morgan fingerprint density at radius 3 is 2.52 bits per heavy atom. The number of carbonyl (C=O) groups excluding carboxylic acids is 2. The van der Waals surface area contributed by atoms with Gasteiger partial charge in [-0.3, -0.25) is 0 Å². The van der Waals surface area contributed by atoms with E-state index in [1.54, 1.807) is 18.2 Å². The Morgan fingerprint density at radius 2 is 2.00 bits per heavy atom. The zero-order chi connectivity index (χ0) is 15.6. The first-order valence-corrected chi connectivity index (χ1v) is 6.01. The molecule has 0 aliphatic carbocycles. The Bertz CT molecular complexity index is 533. The highest BCUT2D eigenvalue weighted by atomic mass is 19.3. The summed E-state index contributed by atoms with van der Waals surface area (Å²) in [7, 11) is 0. The minimum absolute atomic E-state index is 0.207. The van der Waals surface area contributed by atoms with Gasteiger partial charge < -0.3 is 19.7 Å². The Balaban J connectivity index is 1.93. The van der Waals surface area contributed by atoms with E-state index in [1.807, 2.05) is 0 Å². The van der Waals surface area contributed by atoms with Crippen molar-refractivity contribution in [2.24, 2.45) is 0 Å². The van der Waals surface area contributed by atoms with Gasteiger partial charge in [-0.05, 0) is 12.1 Å². The maximum absolute atomic E-state index is 13.1. The molecule has 1 saturated heterocycles. The van der Waals surface area contributed by atoms with E-state index in [1.165, 1.54) is 12.1 Å². The van der Waals surface area contributed by atoms with Crippen molar-refractivity contribution >= 4 is 11.9 Å². The first-order valence-electron chi connectivity index (χ1n) is 6.01. The summed E-state index contributed by atoms with van der Waals surface area (Å²) in [6, 6.07) is 7.80. The number of aliphatic hydroxyl groups excluding tert-OH is 2. The summed E-state index contributed by atoms with van der Waals surface area (Å²) < 4.78 is 35.1. The summed E-state index contributed by atoms with van der Waals surface area (Å²) in [6.45, 7) is -0.696. The van der Waals surface area contributed by atoms with Gasteiger partial charge in [0.1, 0.15) is 12.7 Å². The van der Waals surface area contributed by atoms with Gasteiger partial charge in [0.15, 0.2) is 12.2 Å². The van der Waals surface area contributed by atoms with Crippen LogP contribution in [0.15, 0.2) is 30.3 Å². The monoisotopic (exact) mass is 302 g/mol. The van der Waals surface area contributed by atoms with E-state index in [9.17, 15) is 28.6 Å². The average molecular weight is 302 g/mol. The van der Waals surface area contributed by atoms with E-state index >= 15 is 0 Å². The van der Waals surface area contributed by atoms with E-state index in [4.69, 9.17) is 4.74 Å². The summed E-state index contributed by atoms with van der Waals surface area (Å²) in [6.07, 6.45) is -6.10. The number of ether oxygens (including phenoxy) is 2. The lowest BCUT2D eigenvalue weighted by molar-refractivity contribution is -0.163. The van der Waals surface area contributed by atoms with Crippen molar-refractivity contribution in [3.63, 3.8) is 0 Å². The van der Waals surface area contributed by atoms with Gasteiger partial charge in [-0.1, -0.05) is 18.2 Å². The number of cyclic esters (lactones) is 1. The van der Waals surface area contributed by atoms with Crippen LogP contribution >= 0.6 is 0 Å². The Labute approximate surface area is 117 Å². The molecule has 8 heteroatoms. The third kappa shape index (κ3) is 3.01. The largest absolute Gasteiger partial charge is 0.459 e. The lowest BCUT2D eigenvalue weighted by Gasteiger charge is -2.20. The van der Waals surface area contributed by atoms with E-state index in [0.717, 1.165) is 0 Å². The van der Waals surface area contributed by atoms with Gasteiger partial charge in [0, 0.05) is 0 Å². The van der Waals surface area contributed by atoms with Crippen LogP contribution in [0.4, 0.5) is 8.78 Å². The maximum atomic E-state index is 13.1. The highest BCUT2D eigenvalue weighted by Crippen LogP contribution is 2.33. The van der Waals surface area contributed by atoms with Crippen LogP contribution in [-0.4, -0.2) is 53.0 Å². The van der Waals surface area contributed by atoms with E-state index in [0.29, 0.717) is 0 Å². The minimum Gasteiger partial charge on any atom is -0.459 e. The smallest absolute Gasteiger partial charge is 0.380 e. The molecular formula is C13H12F2O6. The number of rotatable bonds is 4. The molecule has 3 atom stereocenters. The fraction of sp³-hybridized carbons (Fsp3) is 0.385. The quantitative estimate of drug-likeness (QED) is 0.768. The molecule has 2 N–H and O–H groups in total. The molecule has 1 aromatic rings. The molecule has 2 rings (SSSR count). The fourth-order valence-corrected chi connectivity index (χ4v) is 1.80. The van der Waals surface area contributed by atoms with Gasteiger partial charge in [-0.25, -0.2) is 9.59 Å².